The molecular formula is C12H19F3N2O2. The van der Waals surface area contributed by atoms with Crippen LogP contribution in [0.15, 0.2) is 0 Å². The molecule has 2 atom stereocenters. The molecule has 0 radical (unpaired) electrons. The minimum atomic E-state index is -4.57. The van der Waals surface area contributed by atoms with Crippen molar-refractivity contribution in [2.45, 2.75) is 44.0 Å². The van der Waals surface area contributed by atoms with Crippen LogP contribution in [-0.2, 0) is 4.79 Å². The minimum absolute atomic E-state index is 0.0163. The summed E-state index contributed by atoms with van der Waals surface area (Å²) in [5.74, 6) is -0.807. The first-order valence-corrected chi connectivity index (χ1v) is 6.66. The number of amides is 1. The van der Waals surface area contributed by atoms with E-state index in [1.807, 2.05) is 0 Å². The fourth-order valence-electron chi connectivity index (χ4n) is 2.82. The SMILES string of the molecule is O=C([C@H]1CCCN1)N1CCC([C@H](O)C(F)(F)F)CC1. The second kappa shape index (κ2) is 5.66. The quantitative estimate of drug-likeness (QED) is 0.790. The number of carbonyl (C=O) groups is 1. The van der Waals surface area contributed by atoms with E-state index in [4.69, 9.17) is 0 Å². The van der Waals surface area contributed by atoms with Crippen LogP contribution in [0.25, 0.3) is 0 Å². The Kier molecular flexibility index (Phi) is 4.35. The number of nitrogens with zero attached hydrogens (tertiary/aromatic N) is 1. The molecule has 0 saturated carbocycles. The largest absolute Gasteiger partial charge is 0.414 e. The van der Waals surface area contributed by atoms with Crippen LogP contribution in [0.3, 0.4) is 0 Å². The van der Waals surface area contributed by atoms with Crippen molar-refractivity contribution < 1.29 is 23.1 Å². The van der Waals surface area contributed by atoms with Crippen LogP contribution in [0.2, 0.25) is 0 Å². The first-order chi connectivity index (χ1) is 8.89. The van der Waals surface area contributed by atoms with Crippen LogP contribution >= 0.6 is 0 Å². The monoisotopic (exact) mass is 280 g/mol. The maximum absolute atomic E-state index is 12.4. The number of carbonyl (C=O) groups excluding carboxylic acids is 1. The molecule has 0 aromatic carbocycles. The summed E-state index contributed by atoms with van der Waals surface area (Å²) in [4.78, 5) is 13.7. The molecule has 0 spiro atoms. The van der Waals surface area contributed by atoms with E-state index in [-0.39, 0.29) is 24.8 Å². The summed E-state index contributed by atoms with van der Waals surface area (Å²) < 4.78 is 37.2. The number of piperidine rings is 1. The topological polar surface area (TPSA) is 52.6 Å². The summed E-state index contributed by atoms with van der Waals surface area (Å²) in [5, 5.41) is 12.3. The molecule has 0 aromatic heterocycles. The van der Waals surface area contributed by atoms with Gasteiger partial charge in [-0.1, -0.05) is 0 Å². The number of halogens is 3. The van der Waals surface area contributed by atoms with E-state index < -0.39 is 18.2 Å². The molecule has 4 nitrogen and oxygen atoms in total. The van der Waals surface area contributed by atoms with Crippen molar-refractivity contribution >= 4 is 5.91 Å². The van der Waals surface area contributed by atoms with Gasteiger partial charge < -0.3 is 15.3 Å². The van der Waals surface area contributed by atoms with Crippen molar-refractivity contribution in [3.63, 3.8) is 0 Å². The fraction of sp³-hybridized carbons (Fsp3) is 0.917. The Morgan fingerprint density at radius 2 is 1.89 bits per heavy atom. The molecule has 2 fully saturated rings. The molecule has 19 heavy (non-hydrogen) atoms. The molecule has 2 rings (SSSR count). The van der Waals surface area contributed by atoms with Crippen LogP contribution in [-0.4, -0.2) is 53.9 Å². The molecule has 0 aliphatic carbocycles. The number of rotatable bonds is 2. The second-order valence-corrected chi connectivity index (χ2v) is 5.30. The Morgan fingerprint density at radius 3 is 2.37 bits per heavy atom. The number of aliphatic hydroxyl groups is 1. The maximum Gasteiger partial charge on any atom is 0.414 e. The highest BCUT2D eigenvalue weighted by molar-refractivity contribution is 5.82. The van der Waals surface area contributed by atoms with E-state index in [1.54, 1.807) is 4.90 Å². The van der Waals surface area contributed by atoms with Crippen LogP contribution in [0.1, 0.15) is 25.7 Å². The lowest BCUT2D eigenvalue weighted by atomic mass is 9.90. The van der Waals surface area contributed by atoms with Crippen molar-refractivity contribution in [1.82, 2.24) is 10.2 Å². The Hall–Kier alpha value is -0.820. The van der Waals surface area contributed by atoms with Crippen molar-refractivity contribution in [2.24, 2.45) is 5.92 Å². The number of nitrogens with one attached hydrogen (secondary N) is 1. The van der Waals surface area contributed by atoms with E-state index >= 15 is 0 Å². The number of aliphatic hydroxyl groups excluding tert-OH is 1. The highest BCUT2D eigenvalue weighted by Crippen LogP contribution is 2.31. The highest BCUT2D eigenvalue weighted by Gasteiger charge is 2.44. The van der Waals surface area contributed by atoms with Crippen LogP contribution in [0.4, 0.5) is 13.2 Å². The number of hydrogen-bond donors (Lipinski definition) is 2. The van der Waals surface area contributed by atoms with Crippen molar-refractivity contribution in [3.05, 3.63) is 0 Å². The lowest BCUT2D eigenvalue weighted by molar-refractivity contribution is -0.223. The predicted molar refractivity (Wildman–Crippen MR) is 62.4 cm³/mol. The Balaban J connectivity index is 1.83. The molecule has 2 saturated heterocycles. The summed E-state index contributed by atoms with van der Waals surface area (Å²) in [7, 11) is 0. The first kappa shape index (κ1) is 14.6. The van der Waals surface area contributed by atoms with Gasteiger partial charge in [-0.15, -0.1) is 0 Å². The second-order valence-electron chi connectivity index (χ2n) is 5.30. The zero-order valence-electron chi connectivity index (χ0n) is 10.6. The summed E-state index contributed by atoms with van der Waals surface area (Å²) in [6.45, 7) is 1.42. The summed E-state index contributed by atoms with van der Waals surface area (Å²) in [6, 6.07) is -0.177. The first-order valence-electron chi connectivity index (χ1n) is 6.66. The Bertz CT molecular complexity index is 321. The molecule has 2 heterocycles. The number of hydrogen-bond acceptors (Lipinski definition) is 3. The van der Waals surface area contributed by atoms with Crippen LogP contribution < -0.4 is 5.32 Å². The number of alkyl halides is 3. The van der Waals surface area contributed by atoms with Gasteiger partial charge in [0.15, 0.2) is 6.10 Å². The van der Waals surface area contributed by atoms with Gasteiger partial charge >= 0.3 is 6.18 Å². The van der Waals surface area contributed by atoms with Gasteiger partial charge in [-0.25, -0.2) is 0 Å². The Morgan fingerprint density at radius 1 is 1.26 bits per heavy atom. The standard InChI is InChI=1S/C12H19F3N2O2/c13-12(14,15)10(18)8-3-6-17(7-4-8)11(19)9-2-1-5-16-9/h8-10,16,18H,1-7H2/t9-,10+/m1/s1. The van der Waals surface area contributed by atoms with E-state index in [1.165, 1.54) is 0 Å². The van der Waals surface area contributed by atoms with E-state index in [0.717, 1.165) is 19.4 Å². The Labute approximate surface area is 110 Å². The average Bonchev–Trinajstić information content (AvgIpc) is 2.90. The van der Waals surface area contributed by atoms with Gasteiger partial charge in [0.25, 0.3) is 0 Å². The molecular weight excluding hydrogens is 261 g/mol. The summed E-state index contributed by atoms with van der Waals surface area (Å²) >= 11 is 0. The van der Waals surface area contributed by atoms with Crippen molar-refractivity contribution in [3.8, 4) is 0 Å². The summed E-state index contributed by atoms with van der Waals surface area (Å²) in [6.07, 6.45) is -4.67. The van der Waals surface area contributed by atoms with Gasteiger partial charge in [-0.05, 0) is 38.1 Å². The van der Waals surface area contributed by atoms with Gasteiger partial charge in [0.05, 0.1) is 6.04 Å². The predicted octanol–water partition coefficient (Wildman–Crippen LogP) is 0.900. The zero-order valence-corrected chi connectivity index (χ0v) is 10.6. The van der Waals surface area contributed by atoms with E-state index in [0.29, 0.717) is 13.1 Å². The maximum atomic E-state index is 12.4. The van der Waals surface area contributed by atoms with Crippen molar-refractivity contribution in [1.29, 1.82) is 0 Å². The molecule has 2 N–H and O–H groups in total. The van der Waals surface area contributed by atoms with Gasteiger partial charge in [0, 0.05) is 13.1 Å². The smallest absolute Gasteiger partial charge is 0.383 e. The van der Waals surface area contributed by atoms with Gasteiger partial charge in [-0.3, -0.25) is 4.79 Å². The van der Waals surface area contributed by atoms with Gasteiger partial charge in [-0.2, -0.15) is 13.2 Å². The van der Waals surface area contributed by atoms with Gasteiger partial charge in [0.1, 0.15) is 0 Å². The molecule has 0 bridgehead atoms. The fourth-order valence-corrected chi connectivity index (χ4v) is 2.82. The lowest BCUT2D eigenvalue weighted by Gasteiger charge is -2.35. The van der Waals surface area contributed by atoms with Crippen LogP contribution in [0.5, 0.6) is 0 Å². The highest BCUT2D eigenvalue weighted by atomic mass is 19.4. The molecule has 1 amide bonds. The van der Waals surface area contributed by atoms with Crippen molar-refractivity contribution in [2.75, 3.05) is 19.6 Å². The molecule has 0 aromatic rings. The molecule has 0 unspecified atom stereocenters. The number of likely N-dealkylation sites (tertiary alicyclic amines) is 1. The van der Waals surface area contributed by atoms with Gasteiger partial charge in [0.2, 0.25) is 5.91 Å². The molecule has 110 valence electrons. The third-order valence-corrected chi connectivity index (χ3v) is 3.99. The average molecular weight is 280 g/mol. The zero-order chi connectivity index (χ0) is 14.0. The normalized spacial score (nSPS) is 27.6. The molecule has 2 aliphatic rings. The third kappa shape index (κ3) is 3.39. The van der Waals surface area contributed by atoms with Crippen LogP contribution in [0, 0.1) is 5.92 Å². The molecule has 7 heteroatoms. The third-order valence-electron chi connectivity index (χ3n) is 3.99. The van der Waals surface area contributed by atoms with E-state index in [2.05, 4.69) is 5.32 Å². The summed E-state index contributed by atoms with van der Waals surface area (Å²) in [5.41, 5.74) is 0. The lowest BCUT2D eigenvalue weighted by Crippen LogP contribution is -2.49. The molecule has 2 aliphatic heterocycles. The van der Waals surface area contributed by atoms with E-state index in [9.17, 15) is 23.1 Å². The minimum Gasteiger partial charge on any atom is -0.383 e.